The largest absolute Gasteiger partial charge is 0.464 e. The number of carbonyl (C=O) groups excluding carboxylic acids is 1. The fraction of sp³-hybridized carbons (Fsp3) is 0.211. The molecule has 0 unspecified atom stereocenters. The zero-order valence-electron chi connectivity index (χ0n) is 13.8. The minimum absolute atomic E-state index is 0.308. The molecule has 0 saturated carbocycles. The first-order valence-corrected chi connectivity index (χ1v) is 7.60. The van der Waals surface area contributed by atoms with Crippen LogP contribution in [0.3, 0.4) is 0 Å². The molecule has 0 atom stereocenters. The summed E-state index contributed by atoms with van der Waals surface area (Å²) in [5, 5.41) is 0.925. The van der Waals surface area contributed by atoms with Crippen molar-refractivity contribution in [3.63, 3.8) is 0 Å². The second-order valence-corrected chi connectivity index (χ2v) is 4.71. The molecule has 0 spiro atoms. The maximum Gasteiger partial charge on any atom is 0.356 e. The highest BCUT2D eigenvalue weighted by Crippen LogP contribution is 2.29. The van der Waals surface area contributed by atoms with Crippen molar-refractivity contribution in [1.82, 2.24) is 9.97 Å². The molecule has 1 aromatic carbocycles. The van der Waals surface area contributed by atoms with Gasteiger partial charge in [0.05, 0.1) is 12.6 Å². The number of fused-ring (bicyclic) bond motifs is 1. The number of benzene rings is 1. The molecule has 2 heterocycles. The van der Waals surface area contributed by atoms with E-state index in [1.165, 1.54) is 7.11 Å². The molecule has 0 saturated heterocycles. The number of rotatable bonds is 2. The molecule has 0 fully saturated rings. The Morgan fingerprint density at radius 1 is 1.04 bits per heavy atom. The number of hydrogen-bond donors (Lipinski definition) is 0. The summed E-state index contributed by atoms with van der Waals surface area (Å²) >= 11 is 0. The molecule has 0 N–H and O–H groups in total. The Morgan fingerprint density at radius 3 is 2.39 bits per heavy atom. The first kappa shape index (κ1) is 16.6. The average Bonchev–Trinajstić information content (AvgIpc) is 2.63. The first-order valence-electron chi connectivity index (χ1n) is 7.60. The maximum atomic E-state index is 11.7. The van der Waals surface area contributed by atoms with Crippen LogP contribution >= 0.6 is 0 Å². The number of ether oxygens (including phenoxy) is 1. The van der Waals surface area contributed by atoms with Crippen LogP contribution in [0.4, 0.5) is 0 Å². The summed E-state index contributed by atoms with van der Waals surface area (Å²) in [5.41, 5.74) is 3.95. The molecule has 0 bridgehead atoms. The van der Waals surface area contributed by atoms with Crippen LogP contribution in [0, 0.1) is 6.92 Å². The van der Waals surface area contributed by atoms with Crippen molar-refractivity contribution in [1.29, 1.82) is 0 Å². The van der Waals surface area contributed by atoms with Crippen molar-refractivity contribution < 1.29 is 9.53 Å². The predicted molar refractivity (Wildman–Crippen MR) is 92.4 cm³/mol. The van der Waals surface area contributed by atoms with Crippen LogP contribution in [-0.4, -0.2) is 23.0 Å². The van der Waals surface area contributed by atoms with Crippen LogP contribution in [0.25, 0.3) is 22.0 Å². The summed E-state index contributed by atoms with van der Waals surface area (Å²) < 4.78 is 4.75. The average molecular weight is 308 g/mol. The molecule has 0 amide bonds. The third kappa shape index (κ3) is 3.21. The van der Waals surface area contributed by atoms with E-state index in [0.29, 0.717) is 5.69 Å². The number of carbonyl (C=O) groups is 1. The Balaban J connectivity index is 0.000000924. The zero-order chi connectivity index (χ0) is 16.8. The number of esters is 1. The topological polar surface area (TPSA) is 52.1 Å². The van der Waals surface area contributed by atoms with Gasteiger partial charge >= 0.3 is 5.97 Å². The lowest BCUT2D eigenvalue weighted by Crippen LogP contribution is -2.07. The van der Waals surface area contributed by atoms with Gasteiger partial charge < -0.3 is 4.74 Å². The van der Waals surface area contributed by atoms with Crippen LogP contribution in [-0.2, 0) is 4.74 Å². The van der Waals surface area contributed by atoms with Crippen LogP contribution in [0.5, 0.6) is 0 Å². The fourth-order valence-corrected chi connectivity index (χ4v) is 2.41. The molecular weight excluding hydrogens is 288 g/mol. The molecule has 23 heavy (non-hydrogen) atoms. The Morgan fingerprint density at radius 2 is 1.74 bits per heavy atom. The van der Waals surface area contributed by atoms with Crippen molar-refractivity contribution in [2.45, 2.75) is 20.8 Å². The molecule has 3 rings (SSSR count). The highest BCUT2D eigenvalue weighted by Gasteiger charge is 2.16. The summed E-state index contributed by atoms with van der Waals surface area (Å²) in [4.78, 5) is 20.4. The minimum atomic E-state index is -0.443. The van der Waals surface area contributed by atoms with Gasteiger partial charge in [-0.15, -0.1) is 0 Å². The van der Waals surface area contributed by atoms with Gasteiger partial charge in [0.25, 0.3) is 0 Å². The molecule has 3 aromatic rings. The van der Waals surface area contributed by atoms with Gasteiger partial charge in [-0.05, 0) is 24.1 Å². The van der Waals surface area contributed by atoms with Gasteiger partial charge in [-0.3, -0.25) is 4.98 Å². The highest BCUT2D eigenvalue weighted by molar-refractivity contribution is 6.00. The quantitative estimate of drug-likeness (QED) is 0.658. The molecule has 4 nitrogen and oxygen atoms in total. The van der Waals surface area contributed by atoms with Gasteiger partial charge in [0.2, 0.25) is 0 Å². The first-order chi connectivity index (χ1) is 11.2. The predicted octanol–water partition coefficient (Wildman–Crippen LogP) is 4.42. The fourth-order valence-electron chi connectivity index (χ4n) is 2.41. The van der Waals surface area contributed by atoms with E-state index in [2.05, 4.69) is 9.97 Å². The summed E-state index contributed by atoms with van der Waals surface area (Å²) in [6.45, 7) is 5.84. The number of nitrogens with zero attached hydrogens (tertiary/aromatic N) is 2. The Bertz CT molecular complexity index is 814. The summed E-state index contributed by atoms with van der Waals surface area (Å²) in [6, 6.07) is 12.0. The van der Waals surface area contributed by atoms with E-state index in [9.17, 15) is 4.79 Å². The third-order valence-electron chi connectivity index (χ3n) is 3.49. The van der Waals surface area contributed by atoms with Crippen molar-refractivity contribution >= 4 is 16.9 Å². The van der Waals surface area contributed by atoms with Gasteiger partial charge in [-0.25, -0.2) is 9.78 Å². The Kier molecular flexibility index (Phi) is 5.41. The Labute approximate surface area is 136 Å². The van der Waals surface area contributed by atoms with Crippen molar-refractivity contribution in [3.05, 3.63) is 60.0 Å². The molecule has 0 aliphatic rings. The van der Waals surface area contributed by atoms with Gasteiger partial charge in [0.1, 0.15) is 0 Å². The van der Waals surface area contributed by atoms with Crippen LogP contribution in [0.1, 0.15) is 29.9 Å². The van der Waals surface area contributed by atoms with E-state index < -0.39 is 5.97 Å². The van der Waals surface area contributed by atoms with E-state index >= 15 is 0 Å². The summed E-state index contributed by atoms with van der Waals surface area (Å²) in [7, 11) is 1.35. The Hall–Kier alpha value is -2.75. The SMILES string of the molecule is CC.COC(=O)c1ncc2c(-c3ccccc3)ccnc2c1C. The van der Waals surface area contributed by atoms with Gasteiger partial charge in [0, 0.05) is 23.3 Å². The normalized spacial score (nSPS) is 9.91. The summed E-state index contributed by atoms with van der Waals surface area (Å²) in [5.74, 6) is -0.443. The lowest BCUT2D eigenvalue weighted by Gasteiger charge is -2.10. The van der Waals surface area contributed by atoms with Crippen molar-refractivity contribution in [3.8, 4) is 11.1 Å². The van der Waals surface area contributed by atoms with E-state index in [0.717, 1.165) is 27.6 Å². The van der Waals surface area contributed by atoms with E-state index in [1.807, 2.05) is 57.2 Å². The van der Waals surface area contributed by atoms with Crippen molar-refractivity contribution in [2.24, 2.45) is 0 Å². The van der Waals surface area contributed by atoms with Gasteiger partial charge in [-0.1, -0.05) is 44.2 Å². The second kappa shape index (κ2) is 7.49. The molecule has 0 aliphatic carbocycles. The molecule has 118 valence electrons. The lowest BCUT2D eigenvalue weighted by molar-refractivity contribution is 0.0593. The zero-order valence-corrected chi connectivity index (χ0v) is 13.8. The van der Waals surface area contributed by atoms with E-state index in [1.54, 1.807) is 12.4 Å². The van der Waals surface area contributed by atoms with Crippen LogP contribution in [0.2, 0.25) is 0 Å². The molecule has 0 radical (unpaired) electrons. The van der Waals surface area contributed by atoms with Crippen LogP contribution < -0.4 is 0 Å². The van der Waals surface area contributed by atoms with Crippen LogP contribution in [0.15, 0.2) is 48.8 Å². The van der Waals surface area contributed by atoms with Crippen molar-refractivity contribution in [2.75, 3.05) is 7.11 Å². The minimum Gasteiger partial charge on any atom is -0.464 e. The standard InChI is InChI=1S/C17H14N2O2.C2H6/c1-11-15-14(10-19-16(11)17(20)21-2)13(8-9-18-15)12-6-4-3-5-7-12;1-2/h3-10H,1-2H3;1-2H3. The molecule has 2 aromatic heterocycles. The number of methoxy groups -OCH3 is 1. The van der Waals surface area contributed by atoms with Gasteiger partial charge in [0.15, 0.2) is 5.69 Å². The smallest absolute Gasteiger partial charge is 0.356 e. The number of hydrogen-bond acceptors (Lipinski definition) is 4. The molecule has 0 aliphatic heterocycles. The number of pyridine rings is 2. The maximum absolute atomic E-state index is 11.7. The third-order valence-corrected chi connectivity index (χ3v) is 3.49. The van der Waals surface area contributed by atoms with Gasteiger partial charge in [-0.2, -0.15) is 0 Å². The number of aryl methyl sites for hydroxylation is 1. The number of aromatic nitrogens is 2. The molecular formula is C19H20N2O2. The van der Waals surface area contributed by atoms with E-state index in [-0.39, 0.29) is 0 Å². The monoisotopic (exact) mass is 308 g/mol. The highest BCUT2D eigenvalue weighted by atomic mass is 16.5. The second-order valence-electron chi connectivity index (χ2n) is 4.71. The lowest BCUT2D eigenvalue weighted by atomic mass is 10.0. The van der Waals surface area contributed by atoms with E-state index in [4.69, 9.17) is 4.74 Å². The molecule has 4 heteroatoms. The summed E-state index contributed by atoms with van der Waals surface area (Å²) in [6.07, 6.45) is 3.43.